The lowest BCUT2D eigenvalue weighted by Gasteiger charge is -2.25. The Bertz CT molecular complexity index is 1190. The standard InChI is InChI=1S/C32H35N3O2/c1-2-35-31(36)30(37-32(35)33-28-16-10-5-11-17-28)22-25-18-20-29(21-19-25)34(23-26-12-6-3-7-13-26)24-27-14-8-4-9-15-27/h3-4,6-9,12-15,18-22,28H,2,5,10-11,16-17,23-24H2,1H3. The number of rotatable bonds is 8. The Kier molecular flexibility index (Phi) is 7.99. The van der Waals surface area contributed by atoms with Gasteiger partial charge in [0.1, 0.15) is 0 Å². The zero-order chi connectivity index (χ0) is 25.5. The van der Waals surface area contributed by atoms with E-state index in [2.05, 4.69) is 77.7 Å². The number of ether oxygens (including phenoxy) is 1. The molecule has 0 unspecified atom stereocenters. The highest BCUT2D eigenvalue weighted by Gasteiger charge is 2.34. The van der Waals surface area contributed by atoms with Crippen molar-refractivity contribution in [2.24, 2.45) is 4.99 Å². The van der Waals surface area contributed by atoms with Gasteiger partial charge in [-0.3, -0.25) is 9.69 Å². The Morgan fingerprint density at radius 1 is 0.865 bits per heavy atom. The molecule has 5 nitrogen and oxygen atoms in total. The lowest BCUT2D eigenvalue weighted by molar-refractivity contribution is -0.122. The van der Waals surface area contributed by atoms with Gasteiger partial charge in [0.2, 0.25) is 0 Å². The van der Waals surface area contributed by atoms with Gasteiger partial charge in [0, 0.05) is 25.3 Å². The van der Waals surface area contributed by atoms with Gasteiger partial charge in [-0.15, -0.1) is 0 Å². The topological polar surface area (TPSA) is 45.1 Å². The van der Waals surface area contributed by atoms with E-state index in [1.165, 1.54) is 30.4 Å². The number of amidine groups is 1. The van der Waals surface area contributed by atoms with Crippen LogP contribution < -0.4 is 4.90 Å². The van der Waals surface area contributed by atoms with Gasteiger partial charge in [-0.1, -0.05) is 92.1 Å². The molecule has 2 aliphatic rings. The summed E-state index contributed by atoms with van der Waals surface area (Å²) in [6, 6.07) is 30.1. The maximum absolute atomic E-state index is 13.0. The quantitative estimate of drug-likeness (QED) is 0.324. The largest absolute Gasteiger partial charge is 0.420 e. The van der Waals surface area contributed by atoms with Crippen molar-refractivity contribution in [3.05, 3.63) is 107 Å². The van der Waals surface area contributed by atoms with E-state index < -0.39 is 0 Å². The van der Waals surface area contributed by atoms with Gasteiger partial charge in [0.25, 0.3) is 5.91 Å². The Labute approximate surface area is 220 Å². The van der Waals surface area contributed by atoms with Gasteiger partial charge in [0.05, 0.1) is 6.04 Å². The molecule has 0 bridgehead atoms. The van der Waals surface area contributed by atoms with Gasteiger partial charge in [-0.2, -0.15) is 0 Å². The fourth-order valence-electron chi connectivity index (χ4n) is 5.03. The molecule has 1 aliphatic carbocycles. The first-order chi connectivity index (χ1) is 18.2. The van der Waals surface area contributed by atoms with Crippen molar-refractivity contribution < 1.29 is 9.53 Å². The van der Waals surface area contributed by atoms with E-state index in [1.807, 2.05) is 25.1 Å². The molecule has 2 fully saturated rings. The Balaban J connectivity index is 1.35. The van der Waals surface area contributed by atoms with Gasteiger partial charge in [-0.05, 0) is 54.7 Å². The molecule has 190 valence electrons. The number of nitrogens with zero attached hydrogens (tertiary/aromatic N) is 3. The van der Waals surface area contributed by atoms with E-state index in [0.717, 1.165) is 37.2 Å². The van der Waals surface area contributed by atoms with Gasteiger partial charge >= 0.3 is 6.02 Å². The molecule has 3 aromatic rings. The molecular formula is C32H35N3O2. The molecule has 5 rings (SSSR count). The van der Waals surface area contributed by atoms with Gasteiger partial charge in [0.15, 0.2) is 5.76 Å². The smallest absolute Gasteiger partial charge is 0.300 e. The molecule has 5 heteroatoms. The van der Waals surface area contributed by atoms with Crippen LogP contribution in [0.5, 0.6) is 0 Å². The lowest BCUT2D eigenvalue weighted by Crippen LogP contribution is -2.30. The van der Waals surface area contributed by atoms with Crippen LogP contribution in [0.1, 0.15) is 55.7 Å². The predicted octanol–water partition coefficient (Wildman–Crippen LogP) is 6.80. The zero-order valence-corrected chi connectivity index (χ0v) is 21.6. The summed E-state index contributed by atoms with van der Waals surface area (Å²) >= 11 is 0. The molecule has 0 atom stereocenters. The summed E-state index contributed by atoms with van der Waals surface area (Å²) in [5, 5.41) is 0. The van der Waals surface area contributed by atoms with E-state index in [1.54, 1.807) is 4.90 Å². The van der Waals surface area contributed by atoms with Crippen molar-refractivity contribution in [2.45, 2.75) is 58.2 Å². The summed E-state index contributed by atoms with van der Waals surface area (Å²) < 4.78 is 6.00. The number of hydrogen-bond acceptors (Lipinski definition) is 4. The van der Waals surface area contributed by atoms with Crippen molar-refractivity contribution in [1.82, 2.24) is 4.90 Å². The van der Waals surface area contributed by atoms with E-state index in [9.17, 15) is 4.79 Å². The number of benzene rings is 3. The summed E-state index contributed by atoms with van der Waals surface area (Å²) in [5.74, 6) is 0.227. The first kappa shape index (κ1) is 24.8. The third-order valence-corrected chi connectivity index (χ3v) is 7.06. The fourth-order valence-corrected chi connectivity index (χ4v) is 5.03. The minimum atomic E-state index is -0.115. The second-order valence-corrected chi connectivity index (χ2v) is 9.78. The second-order valence-electron chi connectivity index (χ2n) is 9.78. The normalized spacial score (nSPS) is 18.4. The van der Waals surface area contributed by atoms with E-state index in [4.69, 9.17) is 9.73 Å². The molecule has 1 amide bonds. The van der Waals surface area contributed by atoms with Crippen molar-refractivity contribution >= 4 is 23.7 Å². The van der Waals surface area contributed by atoms with Crippen LogP contribution in [0.2, 0.25) is 0 Å². The third-order valence-electron chi connectivity index (χ3n) is 7.06. The molecule has 1 aliphatic heterocycles. The predicted molar refractivity (Wildman–Crippen MR) is 150 cm³/mol. The van der Waals surface area contributed by atoms with Crippen LogP contribution in [0.4, 0.5) is 5.69 Å². The Morgan fingerprint density at radius 3 is 2.03 bits per heavy atom. The number of amides is 1. The Hall–Kier alpha value is -3.86. The zero-order valence-electron chi connectivity index (χ0n) is 21.6. The van der Waals surface area contributed by atoms with Gasteiger partial charge in [-0.25, -0.2) is 4.99 Å². The molecule has 3 aromatic carbocycles. The average molecular weight is 494 g/mol. The first-order valence-electron chi connectivity index (χ1n) is 13.4. The van der Waals surface area contributed by atoms with Gasteiger partial charge < -0.3 is 9.64 Å². The monoisotopic (exact) mass is 493 g/mol. The summed E-state index contributed by atoms with van der Waals surface area (Å²) in [6.45, 7) is 4.13. The summed E-state index contributed by atoms with van der Waals surface area (Å²) in [7, 11) is 0. The molecule has 1 saturated heterocycles. The highest BCUT2D eigenvalue weighted by molar-refractivity contribution is 6.11. The highest BCUT2D eigenvalue weighted by Crippen LogP contribution is 2.26. The van der Waals surface area contributed by atoms with Crippen molar-refractivity contribution in [3.8, 4) is 0 Å². The molecule has 37 heavy (non-hydrogen) atoms. The minimum Gasteiger partial charge on any atom is -0.420 e. The fraction of sp³-hybridized carbons (Fsp3) is 0.312. The minimum absolute atomic E-state index is 0.115. The van der Waals surface area contributed by atoms with E-state index in [0.29, 0.717) is 18.3 Å². The van der Waals surface area contributed by atoms with Crippen LogP contribution in [0.15, 0.2) is 95.7 Å². The summed E-state index contributed by atoms with van der Waals surface area (Å²) in [4.78, 5) is 21.8. The molecule has 1 heterocycles. The van der Waals surface area contributed by atoms with Crippen LogP contribution >= 0.6 is 0 Å². The van der Waals surface area contributed by atoms with Crippen molar-refractivity contribution in [3.63, 3.8) is 0 Å². The number of anilines is 1. The number of aliphatic imine (C=N–C) groups is 1. The third kappa shape index (κ3) is 6.29. The van der Waals surface area contributed by atoms with Crippen LogP contribution in [0.25, 0.3) is 6.08 Å². The molecule has 0 radical (unpaired) electrons. The van der Waals surface area contributed by atoms with E-state index >= 15 is 0 Å². The highest BCUT2D eigenvalue weighted by atomic mass is 16.5. The number of likely N-dealkylation sites (N-methyl/N-ethyl adjacent to an activating group) is 1. The maximum atomic E-state index is 13.0. The molecule has 0 aromatic heterocycles. The first-order valence-corrected chi connectivity index (χ1v) is 13.4. The van der Waals surface area contributed by atoms with Crippen molar-refractivity contribution in [1.29, 1.82) is 0 Å². The SMILES string of the molecule is CCN1C(=O)C(=Cc2ccc(N(Cc3ccccc3)Cc3ccccc3)cc2)OC1=NC1CCCCC1. The van der Waals surface area contributed by atoms with Crippen LogP contribution in [-0.4, -0.2) is 29.4 Å². The van der Waals surface area contributed by atoms with Crippen LogP contribution in [-0.2, 0) is 22.6 Å². The Morgan fingerprint density at radius 2 is 1.46 bits per heavy atom. The molecule has 0 N–H and O–H groups in total. The molecular weight excluding hydrogens is 458 g/mol. The number of carbonyl (C=O) groups excluding carboxylic acids is 1. The van der Waals surface area contributed by atoms with Crippen molar-refractivity contribution in [2.75, 3.05) is 11.4 Å². The van der Waals surface area contributed by atoms with Crippen LogP contribution in [0, 0.1) is 0 Å². The number of hydrogen-bond donors (Lipinski definition) is 0. The number of carbonyl (C=O) groups is 1. The summed E-state index contributed by atoms with van der Waals surface area (Å²) in [5.41, 5.74) is 4.59. The van der Waals surface area contributed by atoms with E-state index in [-0.39, 0.29) is 11.9 Å². The lowest BCUT2D eigenvalue weighted by atomic mass is 9.96. The summed E-state index contributed by atoms with van der Waals surface area (Å²) in [6.07, 6.45) is 7.64. The molecule has 0 spiro atoms. The van der Waals surface area contributed by atoms with Crippen LogP contribution in [0.3, 0.4) is 0 Å². The average Bonchev–Trinajstić information content (AvgIpc) is 3.23. The second kappa shape index (κ2) is 11.9. The molecule has 1 saturated carbocycles. The maximum Gasteiger partial charge on any atom is 0.300 e.